The van der Waals surface area contributed by atoms with Crippen molar-refractivity contribution in [2.45, 2.75) is 6.92 Å². The van der Waals surface area contributed by atoms with E-state index in [9.17, 15) is 9.90 Å². The van der Waals surface area contributed by atoms with Crippen LogP contribution in [0.3, 0.4) is 0 Å². The first-order valence-electron chi connectivity index (χ1n) is 5.34. The lowest BCUT2D eigenvalue weighted by Gasteiger charge is -2.12. The molecule has 0 unspecified atom stereocenters. The highest BCUT2D eigenvalue weighted by Gasteiger charge is 2.22. The number of aromatic hydroxyl groups is 1. The summed E-state index contributed by atoms with van der Waals surface area (Å²) in [6.45, 7) is 1.73. The van der Waals surface area contributed by atoms with Crippen LogP contribution >= 0.6 is 0 Å². The summed E-state index contributed by atoms with van der Waals surface area (Å²) in [5.74, 6) is -0.802. The van der Waals surface area contributed by atoms with E-state index in [1.165, 1.54) is 7.11 Å². The molecule has 90 valence electrons. The fraction of sp³-hybridized carbons (Fsp3) is 0.143. The van der Waals surface area contributed by atoms with Crippen molar-refractivity contribution in [1.82, 2.24) is 0 Å². The van der Waals surface area contributed by atoms with Gasteiger partial charge in [0.05, 0.1) is 12.7 Å². The number of phenols is 1. The van der Waals surface area contributed by atoms with E-state index in [4.69, 9.17) is 5.26 Å². The number of nitrogens with zero attached hydrogens (tertiary/aromatic N) is 1. The van der Waals surface area contributed by atoms with Crippen molar-refractivity contribution >= 4 is 16.7 Å². The molecule has 4 nitrogen and oxygen atoms in total. The van der Waals surface area contributed by atoms with Crippen molar-refractivity contribution in [3.63, 3.8) is 0 Å². The van der Waals surface area contributed by atoms with Crippen LogP contribution in [0.5, 0.6) is 5.75 Å². The van der Waals surface area contributed by atoms with Crippen molar-refractivity contribution < 1.29 is 14.6 Å². The third kappa shape index (κ3) is 1.57. The van der Waals surface area contributed by atoms with Gasteiger partial charge in [-0.1, -0.05) is 24.3 Å². The van der Waals surface area contributed by atoms with Gasteiger partial charge in [-0.15, -0.1) is 0 Å². The maximum atomic E-state index is 11.7. The first kappa shape index (κ1) is 11.9. The third-order valence-corrected chi connectivity index (χ3v) is 2.95. The lowest BCUT2D eigenvalue weighted by Crippen LogP contribution is -2.07. The van der Waals surface area contributed by atoms with Gasteiger partial charge in [0, 0.05) is 5.39 Å². The SMILES string of the molecule is COC(=O)c1c(C#N)c(O)c2ccccc2c1C. The minimum Gasteiger partial charge on any atom is -0.506 e. The van der Waals surface area contributed by atoms with Crippen LogP contribution in [0.25, 0.3) is 10.8 Å². The maximum absolute atomic E-state index is 11.7. The fourth-order valence-corrected chi connectivity index (χ4v) is 2.06. The van der Waals surface area contributed by atoms with Gasteiger partial charge in [-0.25, -0.2) is 4.79 Å². The molecule has 0 saturated heterocycles. The molecule has 1 N–H and O–H groups in total. The first-order valence-corrected chi connectivity index (χ1v) is 5.34. The van der Waals surface area contributed by atoms with Crippen LogP contribution in [-0.2, 0) is 4.74 Å². The minimum absolute atomic E-state index is 0.0435. The van der Waals surface area contributed by atoms with Gasteiger partial charge < -0.3 is 9.84 Å². The number of carbonyl (C=O) groups is 1. The monoisotopic (exact) mass is 241 g/mol. The topological polar surface area (TPSA) is 70.3 Å². The van der Waals surface area contributed by atoms with Crippen molar-refractivity contribution in [3.05, 3.63) is 41.0 Å². The van der Waals surface area contributed by atoms with Gasteiger partial charge >= 0.3 is 5.97 Å². The number of esters is 1. The Balaban J connectivity index is 2.98. The number of phenolic OH excluding ortho intramolecular Hbond substituents is 1. The number of fused-ring (bicyclic) bond motifs is 1. The second-order valence-electron chi connectivity index (χ2n) is 3.87. The van der Waals surface area contributed by atoms with Crippen molar-refractivity contribution in [2.75, 3.05) is 7.11 Å². The van der Waals surface area contributed by atoms with Gasteiger partial charge in [-0.2, -0.15) is 5.26 Å². The largest absolute Gasteiger partial charge is 0.506 e. The zero-order valence-electron chi connectivity index (χ0n) is 10.0. The third-order valence-electron chi connectivity index (χ3n) is 2.95. The van der Waals surface area contributed by atoms with Crippen LogP contribution in [-0.4, -0.2) is 18.2 Å². The number of aryl methyl sites for hydroxylation is 1. The van der Waals surface area contributed by atoms with Crippen LogP contribution in [0.15, 0.2) is 24.3 Å². The first-order chi connectivity index (χ1) is 8.61. The molecular weight excluding hydrogens is 230 g/mol. The van der Waals surface area contributed by atoms with E-state index in [0.29, 0.717) is 10.9 Å². The van der Waals surface area contributed by atoms with E-state index in [-0.39, 0.29) is 16.9 Å². The number of carbonyl (C=O) groups excluding carboxylic acids is 1. The number of rotatable bonds is 1. The number of methoxy groups -OCH3 is 1. The highest BCUT2D eigenvalue weighted by Crippen LogP contribution is 2.34. The molecule has 0 amide bonds. The maximum Gasteiger partial charge on any atom is 0.339 e. The molecule has 0 radical (unpaired) electrons. The zero-order chi connectivity index (χ0) is 13.3. The Morgan fingerprint density at radius 2 is 1.94 bits per heavy atom. The van der Waals surface area contributed by atoms with E-state index in [1.54, 1.807) is 25.1 Å². The van der Waals surface area contributed by atoms with Gasteiger partial charge in [0.2, 0.25) is 0 Å². The summed E-state index contributed by atoms with van der Waals surface area (Å²) < 4.78 is 4.66. The molecule has 2 aromatic rings. The number of nitriles is 1. The molecule has 0 aliphatic rings. The Morgan fingerprint density at radius 1 is 1.33 bits per heavy atom. The van der Waals surface area contributed by atoms with E-state index in [0.717, 1.165) is 5.39 Å². The fourth-order valence-electron chi connectivity index (χ4n) is 2.06. The molecule has 0 aliphatic carbocycles. The number of hydrogen-bond acceptors (Lipinski definition) is 4. The molecule has 0 aliphatic heterocycles. The number of benzene rings is 2. The summed E-state index contributed by atoms with van der Waals surface area (Å²) in [4.78, 5) is 11.7. The van der Waals surface area contributed by atoms with Crippen LogP contribution in [0.4, 0.5) is 0 Å². The lowest BCUT2D eigenvalue weighted by atomic mass is 9.94. The predicted octanol–water partition coefficient (Wildman–Crippen LogP) is 2.51. The van der Waals surface area contributed by atoms with Gasteiger partial charge in [0.15, 0.2) is 0 Å². The summed E-state index contributed by atoms with van der Waals surface area (Å²) in [7, 11) is 1.25. The molecule has 0 spiro atoms. The van der Waals surface area contributed by atoms with Gasteiger partial charge in [0.25, 0.3) is 0 Å². The minimum atomic E-state index is -0.620. The summed E-state index contributed by atoms with van der Waals surface area (Å²) in [5.41, 5.74) is 0.709. The molecule has 0 heterocycles. The van der Waals surface area contributed by atoms with Gasteiger partial charge in [-0.05, 0) is 17.9 Å². The summed E-state index contributed by atoms with van der Waals surface area (Å²) in [6.07, 6.45) is 0. The van der Waals surface area contributed by atoms with Gasteiger partial charge in [0.1, 0.15) is 17.4 Å². The van der Waals surface area contributed by atoms with E-state index in [1.807, 2.05) is 12.1 Å². The van der Waals surface area contributed by atoms with Gasteiger partial charge in [-0.3, -0.25) is 0 Å². The van der Waals surface area contributed by atoms with Crippen LogP contribution in [0.1, 0.15) is 21.5 Å². The van der Waals surface area contributed by atoms with Crippen LogP contribution in [0.2, 0.25) is 0 Å². The predicted molar refractivity (Wildman–Crippen MR) is 66.4 cm³/mol. The molecule has 0 atom stereocenters. The standard InChI is InChI=1S/C14H11NO3/c1-8-9-5-3-4-6-10(9)13(16)11(7-15)12(8)14(17)18-2/h3-6,16H,1-2H3. The second-order valence-corrected chi connectivity index (χ2v) is 3.87. The van der Waals surface area contributed by atoms with E-state index < -0.39 is 5.97 Å². The zero-order valence-corrected chi connectivity index (χ0v) is 10.0. The molecule has 2 rings (SSSR count). The molecule has 0 aromatic heterocycles. The van der Waals surface area contributed by atoms with Crippen LogP contribution in [0, 0.1) is 18.3 Å². The average molecular weight is 241 g/mol. The summed E-state index contributed by atoms with van der Waals surface area (Å²) in [5, 5.41) is 20.5. The molecular formula is C14H11NO3. The highest BCUT2D eigenvalue weighted by atomic mass is 16.5. The molecule has 4 heteroatoms. The Morgan fingerprint density at radius 3 is 2.50 bits per heavy atom. The van der Waals surface area contributed by atoms with Crippen molar-refractivity contribution in [1.29, 1.82) is 5.26 Å². The van der Waals surface area contributed by atoms with E-state index >= 15 is 0 Å². The normalized spacial score (nSPS) is 10.1. The molecule has 0 bridgehead atoms. The Bertz CT molecular complexity index is 683. The Labute approximate surface area is 104 Å². The quantitative estimate of drug-likeness (QED) is 0.779. The second kappa shape index (κ2) is 4.38. The highest BCUT2D eigenvalue weighted by molar-refractivity contribution is 6.04. The average Bonchev–Trinajstić information content (AvgIpc) is 2.41. The molecule has 18 heavy (non-hydrogen) atoms. The molecule has 0 saturated carbocycles. The number of ether oxygens (including phenoxy) is 1. The smallest absolute Gasteiger partial charge is 0.339 e. The van der Waals surface area contributed by atoms with Crippen LogP contribution < -0.4 is 0 Å². The Hall–Kier alpha value is -2.54. The number of hydrogen-bond donors (Lipinski definition) is 1. The molecule has 2 aromatic carbocycles. The Kier molecular flexibility index (Phi) is 2.90. The summed E-state index contributed by atoms with van der Waals surface area (Å²) in [6, 6.07) is 8.93. The van der Waals surface area contributed by atoms with Crippen molar-refractivity contribution in [3.8, 4) is 11.8 Å². The van der Waals surface area contributed by atoms with Crippen molar-refractivity contribution in [2.24, 2.45) is 0 Å². The molecule has 0 fully saturated rings. The summed E-state index contributed by atoms with van der Waals surface area (Å²) >= 11 is 0. The lowest BCUT2D eigenvalue weighted by molar-refractivity contribution is 0.0599. The van der Waals surface area contributed by atoms with E-state index in [2.05, 4.69) is 4.74 Å².